The number of benzene rings is 1. The Morgan fingerprint density at radius 1 is 1.15 bits per heavy atom. The van der Waals surface area contributed by atoms with E-state index in [-0.39, 0.29) is 6.04 Å². The topological polar surface area (TPSA) is 29.3 Å². The van der Waals surface area contributed by atoms with Gasteiger partial charge in [0.2, 0.25) is 0 Å². The second-order valence-corrected chi connectivity index (χ2v) is 4.85. The maximum absolute atomic E-state index is 12.6. The van der Waals surface area contributed by atoms with Crippen LogP contribution < -0.4 is 5.73 Å². The standard InChI is InChI=1S/C15H23F3N2/c1-3-5-10-20(4-2)14(11-19)12-6-8-13(9-7-12)15(16,17)18/h6-9,14H,3-5,10-11,19H2,1-2H3. The Morgan fingerprint density at radius 2 is 1.75 bits per heavy atom. The van der Waals surface area contributed by atoms with Crippen LogP contribution in [0.5, 0.6) is 0 Å². The van der Waals surface area contributed by atoms with E-state index in [2.05, 4.69) is 11.8 Å². The summed E-state index contributed by atoms with van der Waals surface area (Å²) in [5.41, 5.74) is 6.04. The number of hydrogen-bond donors (Lipinski definition) is 1. The summed E-state index contributed by atoms with van der Waals surface area (Å²) in [5.74, 6) is 0. The summed E-state index contributed by atoms with van der Waals surface area (Å²) in [6.45, 7) is 6.31. The third-order valence-corrected chi connectivity index (χ3v) is 3.49. The minimum Gasteiger partial charge on any atom is -0.329 e. The second kappa shape index (κ2) is 7.64. The van der Waals surface area contributed by atoms with E-state index in [0.29, 0.717) is 6.54 Å². The maximum Gasteiger partial charge on any atom is 0.416 e. The van der Waals surface area contributed by atoms with Crippen LogP contribution in [0.25, 0.3) is 0 Å². The number of alkyl halides is 3. The Labute approximate surface area is 118 Å². The van der Waals surface area contributed by atoms with Gasteiger partial charge < -0.3 is 5.73 Å². The first-order valence-corrected chi connectivity index (χ1v) is 7.05. The number of nitrogens with zero attached hydrogens (tertiary/aromatic N) is 1. The molecular formula is C15H23F3N2. The minimum atomic E-state index is -4.29. The van der Waals surface area contributed by atoms with Gasteiger partial charge in [0.15, 0.2) is 0 Å². The summed E-state index contributed by atoms with van der Waals surface area (Å²) in [6.07, 6.45) is -2.14. The van der Waals surface area contributed by atoms with E-state index in [9.17, 15) is 13.2 Å². The van der Waals surface area contributed by atoms with Crippen molar-refractivity contribution in [2.24, 2.45) is 5.73 Å². The molecule has 20 heavy (non-hydrogen) atoms. The van der Waals surface area contributed by atoms with Crippen molar-refractivity contribution in [2.75, 3.05) is 19.6 Å². The molecule has 5 heteroatoms. The third-order valence-electron chi connectivity index (χ3n) is 3.49. The minimum absolute atomic E-state index is 0.0196. The van der Waals surface area contributed by atoms with Gasteiger partial charge >= 0.3 is 6.18 Å². The molecule has 1 aromatic rings. The lowest BCUT2D eigenvalue weighted by Gasteiger charge is -2.30. The van der Waals surface area contributed by atoms with Crippen LogP contribution in [0.2, 0.25) is 0 Å². The first kappa shape index (κ1) is 17.0. The fraction of sp³-hybridized carbons (Fsp3) is 0.600. The van der Waals surface area contributed by atoms with E-state index < -0.39 is 11.7 Å². The molecule has 0 aromatic heterocycles. The molecule has 0 spiro atoms. The monoisotopic (exact) mass is 288 g/mol. The number of rotatable bonds is 7. The van der Waals surface area contributed by atoms with Gasteiger partial charge in [0, 0.05) is 12.6 Å². The zero-order valence-corrected chi connectivity index (χ0v) is 12.1. The van der Waals surface area contributed by atoms with E-state index in [0.717, 1.165) is 43.6 Å². The molecule has 1 unspecified atom stereocenters. The molecule has 0 bridgehead atoms. The Hall–Kier alpha value is -1.07. The SMILES string of the molecule is CCCCN(CC)C(CN)c1ccc(C(F)(F)F)cc1. The molecule has 0 heterocycles. The first-order chi connectivity index (χ1) is 9.43. The summed E-state index contributed by atoms with van der Waals surface area (Å²) >= 11 is 0. The molecule has 0 saturated heterocycles. The third kappa shape index (κ3) is 4.49. The first-order valence-electron chi connectivity index (χ1n) is 7.05. The summed E-state index contributed by atoms with van der Waals surface area (Å²) < 4.78 is 37.7. The molecule has 0 aliphatic rings. The van der Waals surface area contributed by atoms with Gasteiger partial charge in [-0.1, -0.05) is 32.4 Å². The predicted octanol–water partition coefficient (Wildman–Crippen LogP) is 3.83. The maximum atomic E-state index is 12.6. The summed E-state index contributed by atoms with van der Waals surface area (Å²) in [6, 6.07) is 5.31. The highest BCUT2D eigenvalue weighted by atomic mass is 19.4. The van der Waals surface area contributed by atoms with Crippen LogP contribution in [0.3, 0.4) is 0 Å². The highest BCUT2D eigenvalue weighted by Gasteiger charge is 2.30. The van der Waals surface area contributed by atoms with Crippen molar-refractivity contribution in [1.29, 1.82) is 0 Å². The van der Waals surface area contributed by atoms with Crippen LogP contribution in [0.15, 0.2) is 24.3 Å². The smallest absolute Gasteiger partial charge is 0.329 e. The lowest BCUT2D eigenvalue weighted by molar-refractivity contribution is -0.137. The van der Waals surface area contributed by atoms with Gasteiger partial charge in [0.1, 0.15) is 0 Å². The molecule has 1 rings (SSSR count). The second-order valence-electron chi connectivity index (χ2n) is 4.85. The van der Waals surface area contributed by atoms with Crippen LogP contribution in [-0.4, -0.2) is 24.5 Å². The molecule has 0 fully saturated rings. The molecule has 0 aliphatic carbocycles. The van der Waals surface area contributed by atoms with Gasteiger partial charge in [0.05, 0.1) is 5.56 Å². The Balaban J connectivity index is 2.88. The average Bonchev–Trinajstić information content (AvgIpc) is 2.42. The molecule has 1 aromatic carbocycles. The molecule has 0 saturated carbocycles. The van der Waals surface area contributed by atoms with Gasteiger partial charge in [-0.15, -0.1) is 0 Å². The van der Waals surface area contributed by atoms with E-state index in [4.69, 9.17) is 5.73 Å². The van der Waals surface area contributed by atoms with Crippen molar-refractivity contribution in [3.63, 3.8) is 0 Å². The average molecular weight is 288 g/mol. The van der Waals surface area contributed by atoms with Gasteiger partial charge in [-0.25, -0.2) is 0 Å². The number of likely N-dealkylation sites (N-methyl/N-ethyl adjacent to an activating group) is 1. The van der Waals surface area contributed by atoms with Gasteiger partial charge in [-0.05, 0) is 37.2 Å². The Kier molecular flexibility index (Phi) is 6.49. The van der Waals surface area contributed by atoms with E-state index >= 15 is 0 Å². The zero-order valence-electron chi connectivity index (χ0n) is 12.1. The van der Waals surface area contributed by atoms with Crippen molar-refractivity contribution in [3.05, 3.63) is 35.4 Å². The van der Waals surface area contributed by atoms with Crippen LogP contribution >= 0.6 is 0 Å². The quantitative estimate of drug-likeness (QED) is 0.826. The molecule has 2 N–H and O–H groups in total. The fourth-order valence-corrected chi connectivity index (χ4v) is 2.29. The Morgan fingerprint density at radius 3 is 2.15 bits per heavy atom. The lowest BCUT2D eigenvalue weighted by Crippen LogP contribution is -2.34. The zero-order chi connectivity index (χ0) is 15.2. The number of nitrogens with two attached hydrogens (primary N) is 1. The van der Waals surface area contributed by atoms with Crippen LogP contribution in [0.1, 0.15) is 43.9 Å². The van der Waals surface area contributed by atoms with Gasteiger partial charge in [0.25, 0.3) is 0 Å². The summed E-state index contributed by atoms with van der Waals surface area (Å²) in [7, 11) is 0. The van der Waals surface area contributed by atoms with E-state index in [1.165, 1.54) is 12.1 Å². The van der Waals surface area contributed by atoms with E-state index in [1.807, 2.05) is 6.92 Å². The molecule has 0 radical (unpaired) electrons. The largest absolute Gasteiger partial charge is 0.416 e. The highest BCUT2D eigenvalue weighted by molar-refractivity contribution is 5.27. The van der Waals surface area contributed by atoms with Crippen molar-refractivity contribution in [3.8, 4) is 0 Å². The number of halogens is 3. The molecule has 0 amide bonds. The Bertz CT molecular complexity index is 387. The molecule has 2 nitrogen and oxygen atoms in total. The molecule has 0 aliphatic heterocycles. The lowest BCUT2D eigenvalue weighted by atomic mass is 10.0. The van der Waals surface area contributed by atoms with Crippen molar-refractivity contribution in [2.45, 2.75) is 38.9 Å². The van der Waals surface area contributed by atoms with Crippen molar-refractivity contribution in [1.82, 2.24) is 4.90 Å². The fourth-order valence-electron chi connectivity index (χ4n) is 2.29. The number of unbranched alkanes of at least 4 members (excludes halogenated alkanes) is 1. The summed E-state index contributed by atoms with van der Waals surface area (Å²) in [4.78, 5) is 2.21. The molecule has 114 valence electrons. The molecular weight excluding hydrogens is 265 g/mol. The summed E-state index contributed by atoms with van der Waals surface area (Å²) in [5, 5.41) is 0. The van der Waals surface area contributed by atoms with Gasteiger partial charge in [-0.3, -0.25) is 4.90 Å². The van der Waals surface area contributed by atoms with Gasteiger partial charge in [-0.2, -0.15) is 13.2 Å². The van der Waals surface area contributed by atoms with Crippen molar-refractivity contribution >= 4 is 0 Å². The van der Waals surface area contributed by atoms with Crippen LogP contribution in [0.4, 0.5) is 13.2 Å². The van der Waals surface area contributed by atoms with E-state index in [1.54, 1.807) is 0 Å². The number of hydrogen-bond acceptors (Lipinski definition) is 2. The van der Waals surface area contributed by atoms with Crippen LogP contribution in [-0.2, 0) is 6.18 Å². The predicted molar refractivity (Wildman–Crippen MR) is 75.4 cm³/mol. The van der Waals surface area contributed by atoms with Crippen molar-refractivity contribution < 1.29 is 13.2 Å². The highest BCUT2D eigenvalue weighted by Crippen LogP contribution is 2.30. The van der Waals surface area contributed by atoms with Crippen LogP contribution in [0, 0.1) is 0 Å². The molecule has 1 atom stereocenters. The normalized spacial score (nSPS) is 13.8.